The Kier molecular flexibility index (Phi) is 3.56. The second-order valence-corrected chi connectivity index (χ2v) is 6.17. The lowest BCUT2D eigenvalue weighted by Gasteiger charge is -2.28. The van der Waals surface area contributed by atoms with Crippen molar-refractivity contribution in [3.63, 3.8) is 0 Å². The van der Waals surface area contributed by atoms with Gasteiger partial charge in [0.25, 0.3) is 0 Å². The molecule has 1 atom stereocenters. The van der Waals surface area contributed by atoms with Crippen molar-refractivity contribution >= 4 is 0 Å². The molecule has 1 heterocycles. The van der Waals surface area contributed by atoms with Crippen LogP contribution >= 0.6 is 0 Å². The number of aromatic hydroxyl groups is 1. The Bertz CT molecular complexity index is 553. The third-order valence-corrected chi connectivity index (χ3v) is 4.61. The molecule has 1 aliphatic heterocycles. The summed E-state index contributed by atoms with van der Waals surface area (Å²) >= 11 is 0. The average molecular weight is 269 g/mol. The van der Waals surface area contributed by atoms with Crippen LogP contribution in [0.15, 0.2) is 47.2 Å². The normalized spacial score (nSPS) is 22.0. The fourth-order valence-electron chi connectivity index (χ4n) is 3.34. The van der Waals surface area contributed by atoms with E-state index in [0.29, 0.717) is 5.75 Å². The minimum atomic E-state index is 0.344. The lowest BCUT2D eigenvalue weighted by atomic mass is 9.97. The smallest absolute Gasteiger partial charge is 0.115 e. The third-order valence-electron chi connectivity index (χ3n) is 4.61. The summed E-state index contributed by atoms with van der Waals surface area (Å²) < 4.78 is 0. The highest BCUT2D eigenvalue weighted by Gasteiger charge is 2.27. The Morgan fingerprint density at radius 3 is 2.75 bits per heavy atom. The first-order valence-electron chi connectivity index (χ1n) is 7.56. The molecule has 1 aliphatic carbocycles. The maximum Gasteiger partial charge on any atom is 0.115 e. The molecule has 0 amide bonds. The van der Waals surface area contributed by atoms with E-state index >= 15 is 0 Å². The Hall–Kier alpha value is -1.70. The maximum absolute atomic E-state index is 9.31. The van der Waals surface area contributed by atoms with Crippen molar-refractivity contribution in [2.24, 2.45) is 5.92 Å². The van der Waals surface area contributed by atoms with Crippen molar-refractivity contribution in [3.8, 4) is 5.75 Å². The van der Waals surface area contributed by atoms with Crippen molar-refractivity contribution in [3.05, 3.63) is 52.7 Å². The zero-order chi connectivity index (χ0) is 14.1. The first kappa shape index (κ1) is 13.3. The van der Waals surface area contributed by atoms with Gasteiger partial charge in [-0.2, -0.15) is 0 Å². The highest BCUT2D eigenvalue weighted by atomic mass is 16.3. The van der Waals surface area contributed by atoms with Crippen molar-refractivity contribution < 1.29 is 5.11 Å². The van der Waals surface area contributed by atoms with Gasteiger partial charge in [0.15, 0.2) is 0 Å². The second-order valence-electron chi connectivity index (χ2n) is 6.17. The number of fused-ring (bicyclic) bond motifs is 1. The van der Waals surface area contributed by atoms with Gasteiger partial charge in [-0.05, 0) is 60.9 Å². The van der Waals surface area contributed by atoms with Crippen LogP contribution in [0.4, 0.5) is 0 Å². The molecule has 1 N–H and O–H groups in total. The summed E-state index contributed by atoms with van der Waals surface area (Å²) in [6.45, 7) is 6.75. The lowest BCUT2D eigenvalue weighted by Crippen LogP contribution is -2.26. The summed E-state index contributed by atoms with van der Waals surface area (Å²) in [7, 11) is 0. The molecule has 0 radical (unpaired) electrons. The molecule has 1 aromatic rings. The predicted octanol–water partition coefficient (Wildman–Crippen LogP) is 3.88. The van der Waals surface area contributed by atoms with E-state index in [1.165, 1.54) is 18.4 Å². The number of phenolic OH excluding ortho intramolecular Hbond substituents is 1. The number of rotatable bonds is 3. The van der Waals surface area contributed by atoms with Crippen LogP contribution in [0.25, 0.3) is 0 Å². The lowest BCUT2D eigenvalue weighted by molar-refractivity contribution is 0.397. The van der Waals surface area contributed by atoms with E-state index in [-0.39, 0.29) is 0 Å². The highest BCUT2D eigenvalue weighted by Crippen LogP contribution is 2.40. The molecular formula is C18H23NO. The summed E-state index contributed by atoms with van der Waals surface area (Å²) in [6, 6.07) is 7.57. The Labute approximate surface area is 121 Å². The molecule has 1 aromatic carbocycles. The molecule has 0 aromatic heterocycles. The van der Waals surface area contributed by atoms with E-state index in [1.54, 1.807) is 28.9 Å². The molecule has 2 nitrogen and oxygen atoms in total. The van der Waals surface area contributed by atoms with Crippen LogP contribution < -0.4 is 0 Å². The molecular weight excluding hydrogens is 246 g/mol. The monoisotopic (exact) mass is 269 g/mol. The van der Waals surface area contributed by atoms with Gasteiger partial charge in [0, 0.05) is 19.3 Å². The second kappa shape index (κ2) is 5.35. The van der Waals surface area contributed by atoms with E-state index in [1.807, 2.05) is 12.1 Å². The summed E-state index contributed by atoms with van der Waals surface area (Å²) in [6.07, 6.45) is 6.00. The van der Waals surface area contributed by atoms with Crippen LogP contribution in [0.1, 0.15) is 32.3 Å². The van der Waals surface area contributed by atoms with Gasteiger partial charge in [-0.1, -0.05) is 24.6 Å². The molecule has 0 spiro atoms. The minimum absolute atomic E-state index is 0.344. The first-order chi connectivity index (χ1) is 9.63. The predicted molar refractivity (Wildman–Crippen MR) is 82.6 cm³/mol. The molecule has 2 aliphatic rings. The topological polar surface area (TPSA) is 23.5 Å². The van der Waals surface area contributed by atoms with Gasteiger partial charge >= 0.3 is 0 Å². The first-order valence-corrected chi connectivity index (χ1v) is 7.56. The molecule has 106 valence electrons. The minimum Gasteiger partial charge on any atom is -0.508 e. The zero-order valence-electron chi connectivity index (χ0n) is 12.4. The standard InChI is InChI=1S/C18H23NO/c1-13-3-8-17-14(2)11-19(12-18(13)17)10-9-15-4-6-16(20)7-5-15/h4-7,12-13,20H,3,8-11H2,1-2H3. The fourth-order valence-corrected chi connectivity index (χ4v) is 3.34. The molecule has 20 heavy (non-hydrogen) atoms. The van der Waals surface area contributed by atoms with E-state index < -0.39 is 0 Å². The van der Waals surface area contributed by atoms with Gasteiger partial charge in [-0.25, -0.2) is 0 Å². The van der Waals surface area contributed by atoms with Crippen LogP contribution in [-0.4, -0.2) is 23.1 Å². The zero-order valence-corrected chi connectivity index (χ0v) is 12.4. The fraction of sp³-hybridized carbons (Fsp3) is 0.444. The van der Waals surface area contributed by atoms with Crippen LogP contribution in [0.3, 0.4) is 0 Å². The van der Waals surface area contributed by atoms with E-state index in [9.17, 15) is 5.11 Å². The van der Waals surface area contributed by atoms with E-state index in [0.717, 1.165) is 25.4 Å². The molecule has 0 bridgehead atoms. The van der Waals surface area contributed by atoms with Gasteiger partial charge in [0.1, 0.15) is 5.75 Å². The van der Waals surface area contributed by atoms with Gasteiger partial charge in [0.05, 0.1) is 0 Å². The summed E-state index contributed by atoms with van der Waals surface area (Å²) in [5, 5.41) is 9.31. The highest BCUT2D eigenvalue weighted by molar-refractivity contribution is 5.43. The summed E-state index contributed by atoms with van der Waals surface area (Å²) in [4.78, 5) is 2.45. The van der Waals surface area contributed by atoms with Crippen LogP contribution in [0, 0.1) is 5.92 Å². The quantitative estimate of drug-likeness (QED) is 0.900. The number of benzene rings is 1. The van der Waals surface area contributed by atoms with E-state index in [4.69, 9.17) is 0 Å². The number of phenols is 1. The maximum atomic E-state index is 9.31. The number of allylic oxidation sites excluding steroid dienone is 2. The van der Waals surface area contributed by atoms with Crippen LogP contribution in [0.5, 0.6) is 5.75 Å². The Morgan fingerprint density at radius 1 is 1.25 bits per heavy atom. The molecule has 1 unspecified atom stereocenters. The Balaban J connectivity index is 1.66. The van der Waals surface area contributed by atoms with Crippen LogP contribution in [-0.2, 0) is 6.42 Å². The van der Waals surface area contributed by atoms with Crippen molar-refractivity contribution in [1.82, 2.24) is 4.90 Å². The summed E-state index contributed by atoms with van der Waals surface area (Å²) in [5.41, 5.74) is 6.03. The molecule has 1 saturated carbocycles. The van der Waals surface area contributed by atoms with E-state index in [2.05, 4.69) is 24.9 Å². The van der Waals surface area contributed by atoms with Gasteiger partial charge in [-0.3, -0.25) is 0 Å². The van der Waals surface area contributed by atoms with Crippen molar-refractivity contribution in [2.75, 3.05) is 13.1 Å². The molecule has 2 heteroatoms. The number of hydrogen-bond donors (Lipinski definition) is 1. The van der Waals surface area contributed by atoms with Gasteiger partial charge < -0.3 is 10.0 Å². The largest absolute Gasteiger partial charge is 0.508 e. The Morgan fingerprint density at radius 2 is 2.00 bits per heavy atom. The van der Waals surface area contributed by atoms with Crippen molar-refractivity contribution in [2.45, 2.75) is 33.1 Å². The number of hydrogen-bond acceptors (Lipinski definition) is 2. The van der Waals surface area contributed by atoms with Crippen LogP contribution in [0.2, 0.25) is 0 Å². The van der Waals surface area contributed by atoms with Gasteiger partial charge in [0.2, 0.25) is 0 Å². The number of nitrogens with zero attached hydrogens (tertiary/aromatic N) is 1. The third kappa shape index (κ3) is 2.60. The summed E-state index contributed by atoms with van der Waals surface area (Å²) in [5.74, 6) is 1.06. The van der Waals surface area contributed by atoms with Gasteiger partial charge in [-0.15, -0.1) is 0 Å². The SMILES string of the molecule is CC1=C2CCC(C)C2=CN(CCc2ccc(O)cc2)C1. The van der Waals surface area contributed by atoms with Crippen molar-refractivity contribution in [1.29, 1.82) is 0 Å². The molecule has 0 saturated heterocycles. The average Bonchev–Trinajstić information content (AvgIpc) is 2.81. The molecule has 3 rings (SSSR count). The molecule has 1 fully saturated rings.